The molecular weight excluding hydrogens is 506 g/mol. The highest BCUT2D eigenvalue weighted by molar-refractivity contribution is 5.76. The molecule has 4 aromatic rings. The van der Waals surface area contributed by atoms with Gasteiger partial charge in [0.15, 0.2) is 23.3 Å². The third-order valence-electron chi connectivity index (χ3n) is 7.23. The van der Waals surface area contributed by atoms with E-state index in [1.807, 2.05) is 47.9 Å². The summed E-state index contributed by atoms with van der Waals surface area (Å²) < 4.78 is 29.1. The van der Waals surface area contributed by atoms with Gasteiger partial charge in [-0.15, -0.1) is 0 Å². The van der Waals surface area contributed by atoms with E-state index in [4.69, 9.17) is 0 Å². The van der Waals surface area contributed by atoms with E-state index < -0.39 is 11.6 Å². The number of benzene rings is 1. The third-order valence-corrected chi connectivity index (χ3v) is 7.23. The number of halogens is 2. The SMILES string of the molecule is Cc1cc(Nc2nc(N3C[C@H]4CC[C@@H](C3)N4C(=O)N[C@@H](C)c3ccc(-n4cc(F)cn4)cc3)ncc2F)n[nH]1. The van der Waals surface area contributed by atoms with Gasteiger partial charge in [0, 0.05) is 24.8 Å². The largest absolute Gasteiger partial charge is 0.337 e. The van der Waals surface area contributed by atoms with E-state index in [1.165, 1.54) is 10.9 Å². The van der Waals surface area contributed by atoms with Gasteiger partial charge in [0.1, 0.15) is 0 Å². The second kappa shape index (κ2) is 9.97. The molecule has 2 amide bonds. The summed E-state index contributed by atoms with van der Waals surface area (Å²) in [5.41, 5.74) is 2.50. The van der Waals surface area contributed by atoms with Crippen LogP contribution in [0.5, 0.6) is 0 Å². The van der Waals surface area contributed by atoms with Crippen molar-refractivity contribution in [2.75, 3.05) is 23.3 Å². The van der Waals surface area contributed by atoms with Crippen LogP contribution in [0.4, 0.5) is 31.2 Å². The first-order chi connectivity index (χ1) is 18.8. The molecule has 2 aliphatic heterocycles. The van der Waals surface area contributed by atoms with Gasteiger partial charge >= 0.3 is 6.03 Å². The van der Waals surface area contributed by atoms with E-state index in [0.717, 1.165) is 42.2 Å². The highest BCUT2D eigenvalue weighted by Crippen LogP contribution is 2.33. The van der Waals surface area contributed by atoms with E-state index in [-0.39, 0.29) is 30.0 Å². The van der Waals surface area contributed by atoms with Crippen LogP contribution in [0, 0.1) is 18.6 Å². The quantitative estimate of drug-likeness (QED) is 0.344. The van der Waals surface area contributed by atoms with Crippen molar-refractivity contribution in [1.29, 1.82) is 0 Å². The van der Waals surface area contributed by atoms with Crippen molar-refractivity contribution >= 4 is 23.6 Å². The summed E-state index contributed by atoms with van der Waals surface area (Å²) in [4.78, 5) is 25.9. The molecule has 0 unspecified atom stereocenters. The van der Waals surface area contributed by atoms with Crippen LogP contribution in [0.3, 0.4) is 0 Å². The van der Waals surface area contributed by atoms with Crippen molar-refractivity contribution < 1.29 is 13.6 Å². The Hall–Kier alpha value is -4.55. The van der Waals surface area contributed by atoms with Gasteiger partial charge in [-0.05, 0) is 44.4 Å². The molecule has 3 atom stereocenters. The Morgan fingerprint density at radius 1 is 1.13 bits per heavy atom. The lowest BCUT2D eigenvalue weighted by Gasteiger charge is -2.41. The van der Waals surface area contributed by atoms with Crippen molar-refractivity contribution in [3.63, 3.8) is 0 Å². The summed E-state index contributed by atoms with van der Waals surface area (Å²) in [5.74, 6) is -0.0392. The lowest BCUT2D eigenvalue weighted by molar-refractivity contribution is 0.159. The van der Waals surface area contributed by atoms with Crippen molar-refractivity contribution in [2.45, 2.75) is 44.8 Å². The van der Waals surface area contributed by atoms with Gasteiger partial charge in [-0.25, -0.2) is 23.2 Å². The fraction of sp³-hybridized carbons (Fsp3) is 0.346. The number of H-pyrrole nitrogens is 1. The van der Waals surface area contributed by atoms with Crippen LogP contribution in [-0.2, 0) is 0 Å². The smallest absolute Gasteiger partial charge is 0.318 e. The topological polar surface area (TPSA) is 120 Å². The van der Waals surface area contributed by atoms with Crippen molar-refractivity contribution in [1.82, 2.24) is 40.2 Å². The van der Waals surface area contributed by atoms with Gasteiger partial charge in [-0.2, -0.15) is 15.2 Å². The zero-order valence-corrected chi connectivity index (χ0v) is 21.5. The normalized spacial score (nSPS) is 19.3. The van der Waals surface area contributed by atoms with Gasteiger partial charge in [-0.1, -0.05) is 12.1 Å². The number of fused-ring (bicyclic) bond motifs is 2. The van der Waals surface area contributed by atoms with Crippen LogP contribution in [0.1, 0.15) is 37.1 Å². The zero-order valence-electron chi connectivity index (χ0n) is 21.5. The molecule has 11 nitrogen and oxygen atoms in total. The van der Waals surface area contributed by atoms with Crippen LogP contribution in [0.2, 0.25) is 0 Å². The van der Waals surface area contributed by atoms with E-state index in [9.17, 15) is 13.6 Å². The number of nitrogens with one attached hydrogen (secondary N) is 3. The first kappa shape index (κ1) is 24.8. The summed E-state index contributed by atoms with van der Waals surface area (Å²) in [5, 5.41) is 16.9. The number of carbonyl (C=O) groups is 1. The molecule has 0 spiro atoms. The highest BCUT2D eigenvalue weighted by Gasteiger charge is 2.43. The van der Waals surface area contributed by atoms with E-state index in [1.54, 1.807) is 6.07 Å². The van der Waals surface area contributed by atoms with Gasteiger partial charge in [0.25, 0.3) is 0 Å². The Labute approximate surface area is 223 Å². The minimum Gasteiger partial charge on any atom is -0.337 e. The molecule has 202 valence electrons. The lowest BCUT2D eigenvalue weighted by atomic mass is 10.1. The van der Waals surface area contributed by atoms with Crippen molar-refractivity contribution in [2.24, 2.45) is 0 Å². The molecule has 2 bridgehead atoms. The molecule has 6 rings (SSSR count). The lowest BCUT2D eigenvalue weighted by Crippen LogP contribution is -2.58. The van der Waals surface area contributed by atoms with Gasteiger partial charge in [0.05, 0.1) is 42.4 Å². The minimum absolute atomic E-state index is 0.00732. The molecule has 0 radical (unpaired) electrons. The average molecular weight is 535 g/mol. The third kappa shape index (κ3) is 4.99. The summed E-state index contributed by atoms with van der Waals surface area (Å²) >= 11 is 0. The number of anilines is 3. The van der Waals surface area contributed by atoms with E-state index >= 15 is 0 Å². The molecule has 0 saturated carbocycles. The number of nitrogens with zero attached hydrogens (tertiary/aromatic N) is 7. The van der Waals surface area contributed by atoms with Gasteiger partial charge in [0.2, 0.25) is 5.95 Å². The molecule has 1 aromatic carbocycles. The second-order valence-electron chi connectivity index (χ2n) is 9.99. The van der Waals surface area contributed by atoms with Gasteiger partial charge in [-0.3, -0.25) is 5.10 Å². The zero-order chi connectivity index (χ0) is 27.1. The molecular formula is C26H28F2N10O. The van der Waals surface area contributed by atoms with E-state index in [2.05, 4.69) is 35.9 Å². The number of amides is 2. The van der Waals surface area contributed by atoms with Crippen LogP contribution in [0.25, 0.3) is 5.69 Å². The van der Waals surface area contributed by atoms with Crippen molar-refractivity contribution in [3.05, 3.63) is 71.8 Å². The molecule has 2 saturated heterocycles. The Morgan fingerprint density at radius 2 is 1.87 bits per heavy atom. The van der Waals surface area contributed by atoms with Crippen molar-refractivity contribution in [3.8, 4) is 5.69 Å². The average Bonchev–Trinajstić information content (AvgIpc) is 3.62. The number of aromatic nitrogens is 6. The number of hydrogen-bond donors (Lipinski definition) is 3. The Morgan fingerprint density at radius 3 is 2.51 bits per heavy atom. The number of aromatic amines is 1. The maximum atomic E-state index is 14.4. The Bertz CT molecular complexity index is 1470. The van der Waals surface area contributed by atoms with Crippen LogP contribution in [-0.4, -0.2) is 66.1 Å². The molecule has 2 fully saturated rings. The van der Waals surface area contributed by atoms with E-state index in [0.29, 0.717) is 24.9 Å². The highest BCUT2D eigenvalue weighted by atomic mass is 19.1. The summed E-state index contributed by atoms with van der Waals surface area (Å²) in [6.45, 7) is 4.90. The maximum Gasteiger partial charge on any atom is 0.318 e. The minimum atomic E-state index is -0.570. The molecule has 2 aliphatic rings. The fourth-order valence-corrected chi connectivity index (χ4v) is 5.30. The molecule has 13 heteroatoms. The predicted octanol–water partition coefficient (Wildman–Crippen LogP) is 3.84. The molecule has 3 aromatic heterocycles. The maximum absolute atomic E-state index is 14.4. The predicted molar refractivity (Wildman–Crippen MR) is 140 cm³/mol. The molecule has 0 aliphatic carbocycles. The number of urea groups is 1. The number of piperazine rings is 1. The molecule has 5 heterocycles. The summed E-state index contributed by atoms with van der Waals surface area (Å²) in [7, 11) is 0. The van der Waals surface area contributed by atoms with Crippen LogP contribution >= 0.6 is 0 Å². The number of carbonyl (C=O) groups excluding carboxylic acids is 1. The standard InChI is InChI=1S/C26H28F2N10O/c1-15-9-23(35-34-15)32-24-22(28)11-29-25(33-24)36-13-20-7-8-21(14-36)38(20)26(39)31-16(2)17-3-5-19(6-4-17)37-12-18(27)10-30-37/h3-6,9-12,16,20-21H,7-8,13-14H2,1-2H3,(H,31,39)(H2,29,32,33,34,35)/t16-,20-,21+/m0/s1. The first-order valence-electron chi connectivity index (χ1n) is 12.8. The summed E-state index contributed by atoms with van der Waals surface area (Å²) in [6, 6.07) is 8.87. The summed E-state index contributed by atoms with van der Waals surface area (Å²) in [6.07, 6.45) is 5.36. The molecule has 39 heavy (non-hydrogen) atoms. The van der Waals surface area contributed by atoms with Gasteiger partial charge < -0.3 is 20.4 Å². The number of aryl methyl sites for hydroxylation is 1. The van der Waals surface area contributed by atoms with Crippen LogP contribution < -0.4 is 15.5 Å². The number of rotatable bonds is 6. The second-order valence-corrected chi connectivity index (χ2v) is 9.99. The first-order valence-corrected chi connectivity index (χ1v) is 12.8. The molecule has 3 N–H and O–H groups in total. The Kier molecular flexibility index (Phi) is 6.33. The van der Waals surface area contributed by atoms with Crippen LogP contribution in [0.15, 0.2) is 48.9 Å². The Balaban J connectivity index is 1.10. The number of hydrogen-bond acceptors (Lipinski definition) is 7. The monoisotopic (exact) mass is 534 g/mol. The fourth-order valence-electron chi connectivity index (χ4n) is 5.30.